The van der Waals surface area contributed by atoms with E-state index in [1.165, 1.54) is 11.3 Å². The first-order valence-corrected chi connectivity index (χ1v) is 7.28. The van der Waals surface area contributed by atoms with E-state index in [2.05, 4.69) is 14.9 Å². The first kappa shape index (κ1) is 15.0. The number of carbonyl (C=O) groups is 1. The average Bonchev–Trinajstić information content (AvgIpc) is 3.08. The van der Waals surface area contributed by atoms with Gasteiger partial charge in [0.2, 0.25) is 0 Å². The number of hydrogen-bond donors (Lipinski definition) is 0. The molecule has 0 spiro atoms. The summed E-state index contributed by atoms with van der Waals surface area (Å²) in [6, 6.07) is 3.48. The fourth-order valence-corrected chi connectivity index (χ4v) is 3.13. The molecule has 0 aliphatic carbocycles. The monoisotopic (exact) mass is 332 g/mol. The molecule has 118 valence electrons. The number of alkyl halides is 3. The van der Waals surface area contributed by atoms with Crippen molar-refractivity contribution in [2.45, 2.75) is 6.18 Å². The lowest BCUT2D eigenvalue weighted by Gasteiger charge is -2.27. The van der Waals surface area contributed by atoms with Gasteiger partial charge in [0.15, 0.2) is 5.71 Å². The fourth-order valence-electron chi connectivity index (χ4n) is 2.13. The highest BCUT2D eigenvalue weighted by molar-refractivity contribution is 7.17. The topological polar surface area (TPSA) is 51.1 Å². The zero-order valence-electron chi connectivity index (χ0n) is 11.2. The van der Waals surface area contributed by atoms with E-state index in [-0.39, 0.29) is 0 Å². The van der Waals surface area contributed by atoms with Crippen LogP contribution in [0.15, 0.2) is 22.9 Å². The molecule has 0 atom stereocenters. The van der Waals surface area contributed by atoms with E-state index >= 15 is 0 Å². The van der Waals surface area contributed by atoms with Crippen molar-refractivity contribution in [2.75, 3.05) is 31.2 Å². The highest BCUT2D eigenvalue weighted by atomic mass is 32.1. The summed E-state index contributed by atoms with van der Waals surface area (Å²) >= 11 is 1.30. The van der Waals surface area contributed by atoms with Crippen LogP contribution in [0.1, 0.15) is 4.88 Å². The van der Waals surface area contributed by atoms with Crippen molar-refractivity contribution in [1.29, 1.82) is 0 Å². The first-order valence-electron chi connectivity index (χ1n) is 6.46. The van der Waals surface area contributed by atoms with Crippen LogP contribution in [0.25, 0.3) is 6.08 Å². The molecule has 2 aliphatic rings. The van der Waals surface area contributed by atoms with Crippen molar-refractivity contribution in [1.82, 2.24) is 0 Å². The number of morpholine rings is 1. The van der Waals surface area contributed by atoms with Gasteiger partial charge in [-0.2, -0.15) is 13.2 Å². The molecule has 2 aliphatic heterocycles. The van der Waals surface area contributed by atoms with E-state index in [1.807, 2.05) is 6.07 Å². The van der Waals surface area contributed by atoms with E-state index in [1.54, 1.807) is 6.07 Å². The van der Waals surface area contributed by atoms with E-state index in [0.29, 0.717) is 18.1 Å². The molecule has 3 heterocycles. The molecule has 0 unspecified atom stereocenters. The van der Waals surface area contributed by atoms with Gasteiger partial charge in [0.1, 0.15) is 0 Å². The number of oxime groups is 1. The molecule has 3 rings (SSSR count). The maximum absolute atomic E-state index is 12.8. The molecule has 0 N–H and O–H groups in total. The molecule has 0 aromatic carbocycles. The lowest BCUT2D eigenvalue weighted by Crippen LogP contribution is -2.35. The van der Waals surface area contributed by atoms with Crippen LogP contribution in [0.2, 0.25) is 0 Å². The van der Waals surface area contributed by atoms with Crippen molar-refractivity contribution in [3.05, 3.63) is 22.6 Å². The number of halogens is 3. The van der Waals surface area contributed by atoms with Gasteiger partial charge in [0.05, 0.1) is 23.8 Å². The number of anilines is 1. The second kappa shape index (κ2) is 5.73. The van der Waals surface area contributed by atoms with E-state index in [9.17, 15) is 18.0 Å². The number of nitrogens with zero attached hydrogens (tertiary/aromatic N) is 2. The molecular weight excluding hydrogens is 321 g/mol. The molecule has 22 heavy (non-hydrogen) atoms. The number of ether oxygens (including phenoxy) is 1. The Kier molecular flexibility index (Phi) is 3.92. The zero-order valence-corrected chi connectivity index (χ0v) is 12.0. The van der Waals surface area contributed by atoms with Crippen molar-refractivity contribution in [2.24, 2.45) is 5.16 Å². The Bertz CT molecular complexity index is 645. The Morgan fingerprint density at radius 3 is 2.68 bits per heavy atom. The summed E-state index contributed by atoms with van der Waals surface area (Å²) in [6.45, 7) is 2.69. The van der Waals surface area contributed by atoms with Crippen molar-refractivity contribution >= 4 is 34.1 Å². The molecular formula is C13H11F3N2O3S. The third-order valence-electron chi connectivity index (χ3n) is 3.19. The van der Waals surface area contributed by atoms with Gasteiger partial charge in [0.25, 0.3) is 0 Å². The lowest BCUT2D eigenvalue weighted by molar-refractivity contribution is -0.136. The molecule has 0 bridgehead atoms. The highest BCUT2D eigenvalue weighted by Crippen LogP contribution is 2.32. The van der Waals surface area contributed by atoms with Crippen LogP contribution < -0.4 is 4.90 Å². The van der Waals surface area contributed by atoms with Gasteiger partial charge in [0, 0.05) is 18.0 Å². The Balaban J connectivity index is 1.84. The minimum atomic E-state index is -4.72. The predicted octanol–water partition coefficient (Wildman–Crippen LogP) is 2.44. The molecule has 9 heteroatoms. The van der Waals surface area contributed by atoms with E-state index < -0.39 is 23.4 Å². The standard InChI is InChI=1S/C13H11F3N2O3S/c14-13(15,16)11-9(12(19)21-17-11)7-8-1-2-10(22-8)18-3-5-20-6-4-18/h1-2,7H,3-6H2. The number of carbonyl (C=O) groups excluding carboxylic acids is 1. The molecule has 1 saturated heterocycles. The highest BCUT2D eigenvalue weighted by Gasteiger charge is 2.45. The third kappa shape index (κ3) is 3.00. The van der Waals surface area contributed by atoms with Crippen LogP contribution in [-0.2, 0) is 14.4 Å². The quantitative estimate of drug-likeness (QED) is 0.617. The van der Waals surface area contributed by atoms with Gasteiger partial charge in [-0.25, -0.2) is 4.79 Å². The Morgan fingerprint density at radius 1 is 1.27 bits per heavy atom. The Hall–Kier alpha value is -1.87. The van der Waals surface area contributed by atoms with Crippen molar-refractivity contribution in [3.63, 3.8) is 0 Å². The molecule has 1 fully saturated rings. The molecule has 0 amide bonds. The SMILES string of the molecule is O=C1ON=C(C(F)(F)F)C1=Cc1ccc(N2CCOCC2)s1. The van der Waals surface area contributed by atoms with E-state index in [4.69, 9.17) is 4.74 Å². The fraction of sp³-hybridized carbons (Fsp3) is 0.385. The second-order valence-corrected chi connectivity index (χ2v) is 5.74. The van der Waals surface area contributed by atoms with Crippen LogP contribution in [0.3, 0.4) is 0 Å². The van der Waals surface area contributed by atoms with Crippen molar-refractivity contribution in [3.8, 4) is 0 Å². The van der Waals surface area contributed by atoms with Crippen LogP contribution in [-0.4, -0.2) is 44.2 Å². The Labute approximate surface area is 127 Å². The number of hydrogen-bond acceptors (Lipinski definition) is 6. The summed E-state index contributed by atoms with van der Waals surface area (Å²) in [5, 5.41) is 3.74. The minimum absolute atomic E-state index is 0.535. The molecule has 0 saturated carbocycles. The zero-order chi connectivity index (χ0) is 15.7. The first-order chi connectivity index (χ1) is 10.4. The van der Waals surface area contributed by atoms with Crippen molar-refractivity contribution < 1.29 is 27.5 Å². The van der Waals surface area contributed by atoms with E-state index in [0.717, 1.165) is 24.2 Å². The molecule has 5 nitrogen and oxygen atoms in total. The smallest absolute Gasteiger partial charge is 0.378 e. The Morgan fingerprint density at radius 2 is 2.00 bits per heavy atom. The molecule has 0 radical (unpaired) electrons. The normalized spacial score (nSPS) is 21.2. The maximum atomic E-state index is 12.8. The van der Waals surface area contributed by atoms with Crippen LogP contribution in [0.4, 0.5) is 18.2 Å². The molecule has 1 aromatic heterocycles. The summed E-state index contributed by atoms with van der Waals surface area (Å²) < 4.78 is 43.5. The second-order valence-electron chi connectivity index (χ2n) is 4.65. The summed E-state index contributed by atoms with van der Waals surface area (Å²) in [7, 11) is 0. The minimum Gasteiger partial charge on any atom is -0.378 e. The largest absolute Gasteiger partial charge is 0.437 e. The number of rotatable bonds is 2. The van der Waals surface area contributed by atoms with Gasteiger partial charge in [-0.05, 0) is 18.2 Å². The van der Waals surface area contributed by atoms with Crippen LogP contribution >= 0.6 is 11.3 Å². The predicted molar refractivity (Wildman–Crippen MR) is 74.9 cm³/mol. The number of thiophene rings is 1. The summed E-state index contributed by atoms with van der Waals surface area (Å²) in [4.78, 5) is 18.2. The summed E-state index contributed by atoms with van der Waals surface area (Å²) in [5.74, 6) is -1.09. The molecule has 1 aromatic rings. The average molecular weight is 332 g/mol. The van der Waals surface area contributed by atoms with Gasteiger partial charge < -0.3 is 14.5 Å². The maximum Gasteiger partial charge on any atom is 0.437 e. The van der Waals surface area contributed by atoms with Gasteiger partial charge >= 0.3 is 12.1 Å². The van der Waals surface area contributed by atoms with Gasteiger partial charge in [-0.3, -0.25) is 0 Å². The van der Waals surface area contributed by atoms with Gasteiger partial charge in [-0.15, -0.1) is 11.3 Å². The summed E-state index contributed by atoms with van der Waals surface area (Å²) in [5.41, 5.74) is -1.86. The van der Waals surface area contributed by atoms with Crippen LogP contribution in [0.5, 0.6) is 0 Å². The van der Waals surface area contributed by atoms with Gasteiger partial charge in [-0.1, -0.05) is 5.16 Å². The lowest BCUT2D eigenvalue weighted by atomic mass is 10.1. The third-order valence-corrected chi connectivity index (χ3v) is 4.28. The van der Waals surface area contributed by atoms with Crippen LogP contribution in [0, 0.1) is 0 Å². The summed E-state index contributed by atoms with van der Waals surface area (Å²) in [6.07, 6.45) is -3.56.